The lowest BCUT2D eigenvalue weighted by Gasteiger charge is -2.37. The fraction of sp³-hybridized carbons (Fsp3) is 0.308. The number of hydrogen-bond acceptors (Lipinski definition) is 4. The third-order valence-electron chi connectivity index (χ3n) is 6.74. The van der Waals surface area contributed by atoms with Gasteiger partial charge in [-0.2, -0.15) is 17.6 Å². The van der Waals surface area contributed by atoms with Gasteiger partial charge in [0.25, 0.3) is 0 Å². The molecular weight excluding hydrogens is 498 g/mol. The first-order chi connectivity index (χ1) is 17.1. The zero-order chi connectivity index (χ0) is 25.5. The summed E-state index contributed by atoms with van der Waals surface area (Å²) in [6.45, 7) is 1.71. The molecule has 0 atom stereocenters. The van der Waals surface area contributed by atoms with E-state index in [2.05, 4.69) is 4.98 Å². The second-order valence-corrected chi connectivity index (χ2v) is 9.51. The van der Waals surface area contributed by atoms with Gasteiger partial charge in [-0.3, -0.25) is 9.80 Å². The molecule has 2 aromatic carbocycles. The Morgan fingerprint density at radius 1 is 1.06 bits per heavy atom. The van der Waals surface area contributed by atoms with Crippen molar-refractivity contribution in [3.05, 3.63) is 82.9 Å². The number of ether oxygens (including phenoxy) is 1. The van der Waals surface area contributed by atoms with Gasteiger partial charge in [-0.1, -0.05) is 29.8 Å². The van der Waals surface area contributed by atoms with Gasteiger partial charge in [0.15, 0.2) is 0 Å². The van der Waals surface area contributed by atoms with Crippen LogP contribution in [0.2, 0.25) is 5.02 Å². The molecule has 0 unspecified atom stereocenters. The third-order valence-corrected chi connectivity index (χ3v) is 7.05. The Kier molecular flexibility index (Phi) is 6.38. The maximum atomic E-state index is 13.6. The van der Waals surface area contributed by atoms with E-state index in [0.29, 0.717) is 49.2 Å². The number of hydrogen-bond donors (Lipinski definition) is 0. The number of carbonyl (C=O) groups excluding carboxylic acids is 1. The standard InChI is InChI=1S/C26H22ClF4N3O2/c27-22-13-20(17-6-7-23(28)32-14-17)18(12-21(22)26(29,30)31)15-33-10-8-25(9-11-33)16-34(24(35)36-25)19-4-2-1-3-5-19/h1-7,12-14H,8-11,15-16H2. The summed E-state index contributed by atoms with van der Waals surface area (Å²) >= 11 is 5.99. The summed E-state index contributed by atoms with van der Waals surface area (Å²) < 4.78 is 59.9. The number of piperidine rings is 1. The molecule has 0 saturated carbocycles. The number of amides is 1. The minimum atomic E-state index is -4.61. The van der Waals surface area contributed by atoms with E-state index >= 15 is 0 Å². The quantitative estimate of drug-likeness (QED) is 0.289. The van der Waals surface area contributed by atoms with E-state index in [1.54, 1.807) is 4.90 Å². The molecule has 0 N–H and O–H groups in total. The van der Waals surface area contributed by atoms with Gasteiger partial charge in [-0.15, -0.1) is 0 Å². The lowest BCUT2D eigenvalue weighted by atomic mass is 9.90. The van der Waals surface area contributed by atoms with Crippen molar-refractivity contribution < 1.29 is 27.1 Å². The summed E-state index contributed by atoms with van der Waals surface area (Å²) in [5.74, 6) is -0.685. The van der Waals surface area contributed by atoms with Gasteiger partial charge in [0.2, 0.25) is 5.95 Å². The zero-order valence-electron chi connectivity index (χ0n) is 19.1. The predicted molar refractivity (Wildman–Crippen MR) is 127 cm³/mol. The summed E-state index contributed by atoms with van der Waals surface area (Å²) in [7, 11) is 0. The normalized spacial score (nSPS) is 18.0. The van der Waals surface area contributed by atoms with E-state index in [0.717, 1.165) is 17.8 Å². The van der Waals surface area contributed by atoms with Crippen molar-refractivity contribution in [2.45, 2.75) is 31.2 Å². The number of aromatic nitrogens is 1. The first-order valence-corrected chi connectivity index (χ1v) is 11.8. The number of likely N-dealkylation sites (tertiary alicyclic amines) is 1. The maximum Gasteiger partial charge on any atom is 0.417 e. The van der Waals surface area contributed by atoms with Crippen LogP contribution in [0.4, 0.5) is 28.0 Å². The number of benzene rings is 2. The minimum absolute atomic E-state index is 0.222. The summed E-state index contributed by atoms with van der Waals surface area (Å²) in [6, 6.07) is 14.2. The molecule has 0 aliphatic carbocycles. The highest BCUT2D eigenvalue weighted by atomic mass is 35.5. The van der Waals surface area contributed by atoms with Crippen LogP contribution in [0, 0.1) is 5.95 Å². The van der Waals surface area contributed by atoms with Gasteiger partial charge in [-0.05, 0) is 47.5 Å². The minimum Gasteiger partial charge on any atom is -0.441 e. The van der Waals surface area contributed by atoms with Crippen LogP contribution >= 0.6 is 11.6 Å². The first-order valence-electron chi connectivity index (χ1n) is 11.4. The molecule has 10 heteroatoms. The van der Waals surface area contributed by atoms with Crippen molar-refractivity contribution in [1.82, 2.24) is 9.88 Å². The van der Waals surface area contributed by atoms with Crippen molar-refractivity contribution in [2.75, 3.05) is 24.5 Å². The van der Waals surface area contributed by atoms with Gasteiger partial charge in [-0.25, -0.2) is 9.78 Å². The topological polar surface area (TPSA) is 45.7 Å². The number of alkyl halides is 3. The van der Waals surface area contributed by atoms with E-state index in [1.807, 2.05) is 35.2 Å². The number of para-hydroxylation sites is 1. The van der Waals surface area contributed by atoms with Gasteiger partial charge in [0.05, 0.1) is 17.1 Å². The van der Waals surface area contributed by atoms with Crippen molar-refractivity contribution in [2.24, 2.45) is 0 Å². The lowest BCUT2D eigenvalue weighted by molar-refractivity contribution is -0.137. The number of carbonyl (C=O) groups is 1. The predicted octanol–water partition coefficient (Wildman–Crippen LogP) is 6.55. The molecule has 5 nitrogen and oxygen atoms in total. The molecule has 0 radical (unpaired) electrons. The van der Waals surface area contributed by atoms with Crippen LogP contribution in [0.15, 0.2) is 60.8 Å². The third kappa shape index (κ3) is 4.90. The highest BCUT2D eigenvalue weighted by Crippen LogP contribution is 2.40. The number of nitrogens with zero attached hydrogens (tertiary/aromatic N) is 3. The van der Waals surface area contributed by atoms with E-state index < -0.39 is 34.4 Å². The molecule has 1 aromatic heterocycles. The van der Waals surface area contributed by atoms with E-state index in [-0.39, 0.29) is 6.54 Å². The lowest BCUT2D eigenvalue weighted by Crippen LogP contribution is -2.46. The first kappa shape index (κ1) is 24.5. The highest BCUT2D eigenvalue weighted by molar-refractivity contribution is 6.31. The molecule has 2 aliphatic rings. The Morgan fingerprint density at radius 2 is 1.78 bits per heavy atom. The molecule has 0 bridgehead atoms. The van der Waals surface area contributed by atoms with Crippen LogP contribution in [0.25, 0.3) is 11.1 Å². The average molecular weight is 520 g/mol. The highest BCUT2D eigenvalue weighted by Gasteiger charge is 2.47. The molecule has 1 amide bonds. The Bertz CT molecular complexity index is 1260. The fourth-order valence-electron chi connectivity index (χ4n) is 4.82. The number of anilines is 1. The average Bonchev–Trinajstić information content (AvgIpc) is 3.17. The van der Waals surface area contributed by atoms with Crippen LogP contribution in [-0.4, -0.2) is 41.2 Å². The van der Waals surface area contributed by atoms with Crippen LogP contribution in [-0.2, 0) is 17.5 Å². The van der Waals surface area contributed by atoms with Crippen molar-refractivity contribution in [3.8, 4) is 11.1 Å². The van der Waals surface area contributed by atoms with Crippen LogP contribution in [0.1, 0.15) is 24.0 Å². The largest absolute Gasteiger partial charge is 0.441 e. The smallest absolute Gasteiger partial charge is 0.417 e. The summed E-state index contributed by atoms with van der Waals surface area (Å²) in [4.78, 5) is 19.8. The van der Waals surface area contributed by atoms with Crippen LogP contribution in [0.3, 0.4) is 0 Å². The molecule has 36 heavy (non-hydrogen) atoms. The molecular formula is C26H22ClF4N3O2. The van der Waals surface area contributed by atoms with Gasteiger partial charge in [0, 0.05) is 49.9 Å². The number of pyridine rings is 1. The SMILES string of the molecule is O=C1OC2(CCN(Cc3cc(C(F)(F)F)c(Cl)cc3-c3ccc(F)nc3)CC2)CN1c1ccccc1. The Balaban J connectivity index is 1.36. The number of halogens is 5. The van der Waals surface area contributed by atoms with E-state index in [4.69, 9.17) is 16.3 Å². The van der Waals surface area contributed by atoms with Crippen molar-refractivity contribution >= 4 is 23.4 Å². The Hall–Kier alpha value is -3.17. The molecule has 1 spiro atoms. The molecule has 5 rings (SSSR count). The zero-order valence-corrected chi connectivity index (χ0v) is 19.8. The Morgan fingerprint density at radius 3 is 2.42 bits per heavy atom. The number of rotatable bonds is 4. The molecule has 2 fully saturated rings. The monoisotopic (exact) mass is 519 g/mol. The van der Waals surface area contributed by atoms with Gasteiger partial charge < -0.3 is 4.74 Å². The van der Waals surface area contributed by atoms with E-state index in [1.165, 1.54) is 18.3 Å². The van der Waals surface area contributed by atoms with Gasteiger partial charge >= 0.3 is 12.3 Å². The maximum absolute atomic E-state index is 13.6. The van der Waals surface area contributed by atoms with Crippen molar-refractivity contribution in [3.63, 3.8) is 0 Å². The molecule has 2 aliphatic heterocycles. The molecule has 2 saturated heterocycles. The second kappa shape index (κ2) is 9.37. The summed E-state index contributed by atoms with van der Waals surface area (Å²) in [5, 5.41) is -0.429. The Labute approximate surface area is 210 Å². The molecule has 3 heterocycles. The van der Waals surface area contributed by atoms with Crippen molar-refractivity contribution in [1.29, 1.82) is 0 Å². The second-order valence-electron chi connectivity index (χ2n) is 9.11. The summed E-state index contributed by atoms with van der Waals surface area (Å²) in [6.07, 6.45) is -2.63. The fourth-order valence-corrected chi connectivity index (χ4v) is 5.09. The van der Waals surface area contributed by atoms with Crippen LogP contribution < -0.4 is 4.90 Å². The summed E-state index contributed by atoms with van der Waals surface area (Å²) in [5.41, 5.74) is 0.548. The molecule has 188 valence electrons. The van der Waals surface area contributed by atoms with E-state index in [9.17, 15) is 22.4 Å². The molecule has 3 aromatic rings. The van der Waals surface area contributed by atoms with Gasteiger partial charge in [0.1, 0.15) is 5.60 Å². The van der Waals surface area contributed by atoms with Crippen LogP contribution in [0.5, 0.6) is 0 Å².